The summed E-state index contributed by atoms with van der Waals surface area (Å²) >= 11 is 1.26. The minimum atomic E-state index is -0.0624. The Hall–Kier alpha value is -3.07. The fraction of sp³-hybridized carbons (Fsp3) is 0.263. The summed E-state index contributed by atoms with van der Waals surface area (Å²) in [6.45, 7) is 1.47. The van der Waals surface area contributed by atoms with Crippen LogP contribution in [0.2, 0.25) is 0 Å². The number of phenols is 1. The van der Waals surface area contributed by atoms with Crippen LogP contribution >= 0.6 is 11.8 Å². The van der Waals surface area contributed by atoms with E-state index in [1.165, 1.54) is 16.4 Å². The number of rotatable bonds is 9. The fourth-order valence-corrected chi connectivity index (χ4v) is 3.28. The number of hydrogen-bond donors (Lipinski definition) is 2. The topological polar surface area (TPSA) is 96.2 Å². The number of carbonyl (C=O) groups is 1. The van der Waals surface area contributed by atoms with E-state index in [-0.39, 0.29) is 17.4 Å². The number of phenolic OH excluding ortho intramolecular Hbond substituents is 1. The second-order valence-corrected chi connectivity index (χ2v) is 7.08. The average molecular weight is 398 g/mol. The van der Waals surface area contributed by atoms with E-state index in [4.69, 9.17) is 0 Å². The molecular weight excluding hydrogens is 376 g/mol. The van der Waals surface area contributed by atoms with Crippen molar-refractivity contribution in [3.05, 3.63) is 54.6 Å². The van der Waals surface area contributed by atoms with Gasteiger partial charge in [0.1, 0.15) is 5.75 Å². The van der Waals surface area contributed by atoms with Crippen LogP contribution in [0.3, 0.4) is 0 Å². The summed E-state index contributed by atoms with van der Waals surface area (Å²) in [5.41, 5.74) is 1.88. The van der Waals surface area contributed by atoms with E-state index in [1.54, 1.807) is 24.3 Å². The molecule has 2 aromatic carbocycles. The summed E-state index contributed by atoms with van der Waals surface area (Å²) in [6, 6.07) is 16.7. The molecule has 0 bridgehead atoms. The molecule has 0 spiro atoms. The molecule has 0 aliphatic heterocycles. The largest absolute Gasteiger partial charge is 0.508 e. The van der Waals surface area contributed by atoms with Gasteiger partial charge in [-0.1, -0.05) is 30.0 Å². The Morgan fingerprint density at radius 3 is 2.68 bits per heavy atom. The summed E-state index contributed by atoms with van der Waals surface area (Å²) in [5.74, 6) is 0.336. The lowest BCUT2D eigenvalue weighted by atomic mass is 10.3. The highest BCUT2D eigenvalue weighted by atomic mass is 32.2. The minimum absolute atomic E-state index is 0.0624. The van der Waals surface area contributed by atoms with Gasteiger partial charge < -0.3 is 15.3 Å². The van der Waals surface area contributed by atoms with Crippen LogP contribution in [0.4, 0.5) is 5.69 Å². The first kappa shape index (κ1) is 19.7. The van der Waals surface area contributed by atoms with E-state index in [2.05, 4.69) is 37.9 Å². The van der Waals surface area contributed by atoms with Crippen LogP contribution in [-0.4, -0.2) is 57.1 Å². The van der Waals surface area contributed by atoms with Crippen molar-refractivity contribution in [2.75, 3.05) is 30.8 Å². The lowest BCUT2D eigenvalue weighted by Crippen LogP contribution is -2.29. The zero-order chi connectivity index (χ0) is 19.8. The molecule has 0 atom stereocenters. The number of para-hydroxylation sites is 1. The zero-order valence-corrected chi connectivity index (χ0v) is 16.3. The number of tetrazole rings is 1. The van der Waals surface area contributed by atoms with Gasteiger partial charge in [-0.15, -0.1) is 5.10 Å². The summed E-state index contributed by atoms with van der Waals surface area (Å²) in [5, 5.41) is 24.4. The van der Waals surface area contributed by atoms with Gasteiger partial charge in [-0.25, -0.2) is 0 Å². The first-order valence-electron chi connectivity index (χ1n) is 8.87. The van der Waals surface area contributed by atoms with Gasteiger partial charge in [0.2, 0.25) is 11.1 Å². The van der Waals surface area contributed by atoms with Gasteiger partial charge in [0.05, 0.1) is 11.4 Å². The van der Waals surface area contributed by atoms with Gasteiger partial charge in [-0.3, -0.25) is 4.79 Å². The normalized spacial score (nSPS) is 10.6. The van der Waals surface area contributed by atoms with Crippen molar-refractivity contribution in [2.24, 2.45) is 0 Å². The van der Waals surface area contributed by atoms with E-state index in [9.17, 15) is 9.90 Å². The van der Waals surface area contributed by atoms with Gasteiger partial charge >= 0.3 is 0 Å². The summed E-state index contributed by atoms with van der Waals surface area (Å²) < 4.78 is 1.53. The monoisotopic (exact) mass is 398 g/mol. The summed E-state index contributed by atoms with van der Waals surface area (Å²) in [6.07, 6.45) is 0.854. The molecule has 28 heavy (non-hydrogen) atoms. The van der Waals surface area contributed by atoms with Crippen molar-refractivity contribution in [1.82, 2.24) is 25.5 Å². The third-order valence-electron chi connectivity index (χ3n) is 4.06. The number of hydrogen-bond acceptors (Lipinski definition) is 7. The van der Waals surface area contributed by atoms with Crippen molar-refractivity contribution < 1.29 is 9.90 Å². The minimum Gasteiger partial charge on any atom is -0.508 e. The van der Waals surface area contributed by atoms with Crippen molar-refractivity contribution in [3.63, 3.8) is 0 Å². The van der Waals surface area contributed by atoms with Crippen molar-refractivity contribution in [1.29, 1.82) is 0 Å². The van der Waals surface area contributed by atoms with Crippen LogP contribution in [0.1, 0.15) is 6.42 Å². The predicted octanol–water partition coefficient (Wildman–Crippen LogP) is 2.10. The Balaban J connectivity index is 1.40. The third-order valence-corrected chi connectivity index (χ3v) is 4.98. The molecule has 0 radical (unpaired) electrons. The van der Waals surface area contributed by atoms with Gasteiger partial charge in [0.25, 0.3) is 0 Å². The molecule has 1 heterocycles. The highest BCUT2D eigenvalue weighted by Crippen LogP contribution is 2.19. The molecular formula is C19H22N6O2S. The first-order chi connectivity index (χ1) is 13.6. The highest BCUT2D eigenvalue weighted by Gasteiger charge is 2.11. The van der Waals surface area contributed by atoms with Crippen LogP contribution in [0.5, 0.6) is 5.75 Å². The smallest absolute Gasteiger partial charge is 0.230 e. The summed E-state index contributed by atoms with van der Waals surface area (Å²) in [4.78, 5) is 14.2. The van der Waals surface area contributed by atoms with Gasteiger partial charge in [-0.05, 0) is 53.2 Å². The Bertz CT molecular complexity index is 885. The second kappa shape index (κ2) is 9.75. The van der Waals surface area contributed by atoms with E-state index >= 15 is 0 Å². The fourth-order valence-electron chi connectivity index (χ4n) is 2.56. The standard InChI is InChI=1S/C19H22N6O2S/c1-24(15-6-3-2-4-7-15)13-5-12-20-18(27)14-28-19-21-22-23-25(19)16-8-10-17(26)11-9-16/h2-4,6-11,26H,5,12-14H2,1H3,(H,20,27). The number of anilines is 1. The molecule has 9 heteroatoms. The zero-order valence-electron chi connectivity index (χ0n) is 15.5. The maximum absolute atomic E-state index is 12.1. The molecule has 0 aliphatic rings. The number of benzene rings is 2. The van der Waals surface area contributed by atoms with E-state index in [0.717, 1.165) is 24.3 Å². The van der Waals surface area contributed by atoms with Gasteiger partial charge in [0, 0.05) is 25.8 Å². The molecule has 0 fully saturated rings. The van der Waals surface area contributed by atoms with Crippen LogP contribution < -0.4 is 10.2 Å². The third kappa shape index (κ3) is 5.46. The maximum atomic E-state index is 12.1. The number of nitrogens with zero attached hydrogens (tertiary/aromatic N) is 5. The molecule has 2 N–H and O–H groups in total. The molecule has 0 aliphatic carbocycles. The molecule has 3 aromatic rings. The van der Waals surface area contributed by atoms with Crippen molar-refractivity contribution in [2.45, 2.75) is 11.6 Å². The number of amides is 1. The Morgan fingerprint density at radius 2 is 1.93 bits per heavy atom. The predicted molar refractivity (Wildman–Crippen MR) is 109 cm³/mol. The SMILES string of the molecule is CN(CCCNC(=O)CSc1nnnn1-c1ccc(O)cc1)c1ccccc1. The number of nitrogens with one attached hydrogen (secondary N) is 1. The molecule has 1 aromatic heterocycles. The second-order valence-electron chi connectivity index (χ2n) is 6.14. The number of carbonyl (C=O) groups excluding carboxylic acids is 1. The number of thioether (sulfide) groups is 1. The van der Waals surface area contributed by atoms with Gasteiger partial charge in [-0.2, -0.15) is 4.68 Å². The molecule has 0 unspecified atom stereocenters. The molecule has 8 nitrogen and oxygen atoms in total. The Morgan fingerprint density at radius 1 is 1.18 bits per heavy atom. The number of aromatic nitrogens is 4. The van der Waals surface area contributed by atoms with Crippen LogP contribution in [0, 0.1) is 0 Å². The van der Waals surface area contributed by atoms with Gasteiger partial charge in [0.15, 0.2) is 0 Å². The highest BCUT2D eigenvalue weighted by molar-refractivity contribution is 7.99. The Labute approximate surface area is 167 Å². The molecule has 146 valence electrons. The quantitative estimate of drug-likeness (QED) is 0.421. The maximum Gasteiger partial charge on any atom is 0.230 e. The Kier molecular flexibility index (Phi) is 6.85. The molecule has 0 saturated carbocycles. The molecule has 1 amide bonds. The van der Waals surface area contributed by atoms with Crippen molar-refractivity contribution >= 4 is 23.4 Å². The van der Waals surface area contributed by atoms with Crippen LogP contribution in [0.15, 0.2) is 59.8 Å². The van der Waals surface area contributed by atoms with Crippen molar-refractivity contribution in [3.8, 4) is 11.4 Å². The van der Waals surface area contributed by atoms with Crippen LogP contribution in [-0.2, 0) is 4.79 Å². The number of aromatic hydroxyl groups is 1. The van der Waals surface area contributed by atoms with Crippen LogP contribution in [0.25, 0.3) is 5.69 Å². The first-order valence-corrected chi connectivity index (χ1v) is 9.85. The lowest BCUT2D eigenvalue weighted by Gasteiger charge is -2.19. The molecule has 0 saturated heterocycles. The average Bonchev–Trinajstić information content (AvgIpc) is 3.19. The lowest BCUT2D eigenvalue weighted by molar-refractivity contribution is -0.118. The van der Waals surface area contributed by atoms with E-state index in [0.29, 0.717) is 11.7 Å². The summed E-state index contributed by atoms with van der Waals surface area (Å²) in [7, 11) is 2.04. The van der Waals surface area contributed by atoms with E-state index < -0.39 is 0 Å². The van der Waals surface area contributed by atoms with E-state index in [1.807, 2.05) is 25.2 Å². The molecule has 3 rings (SSSR count).